The molecule has 6 rings (SSSR count). The molecule has 3 saturated heterocycles. The molecule has 2 aromatic heterocycles. The van der Waals surface area contributed by atoms with Gasteiger partial charge in [-0.1, -0.05) is 37.3 Å². The number of aliphatic imine (C=N–C) groups is 1. The Labute approximate surface area is 220 Å². The van der Waals surface area contributed by atoms with Gasteiger partial charge in [0.15, 0.2) is 23.6 Å². The molecule has 0 saturated carbocycles. The third-order valence-electron chi connectivity index (χ3n) is 7.15. The van der Waals surface area contributed by atoms with E-state index < -0.39 is 38.7 Å². The lowest BCUT2D eigenvalue weighted by Crippen LogP contribution is -2.32. The molecule has 0 spiro atoms. The number of benzene rings is 1. The van der Waals surface area contributed by atoms with Gasteiger partial charge < -0.3 is 18.7 Å². The van der Waals surface area contributed by atoms with Crippen molar-refractivity contribution in [3.63, 3.8) is 0 Å². The Kier molecular flexibility index (Phi) is 7.00. The van der Waals surface area contributed by atoms with Gasteiger partial charge in [-0.3, -0.25) is 14.3 Å². The van der Waals surface area contributed by atoms with Crippen LogP contribution in [0, 0.1) is 0 Å². The zero-order valence-electron chi connectivity index (χ0n) is 21.5. The van der Waals surface area contributed by atoms with Crippen molar-refractivity contribution in [2.45, 2.75) is 62.9 Å². The van der Waals surface area contributed by atoms with E-state index in [4.69, 9.17) is 13.8 Å². The van der Waals surface area contributed by atoms with Crippen molar-refractivity contribution in [3.05, 3.63) is 52.6 Å². The lowest BCUT2D eigenvalue weighted by molar-refractivity contribution is -0.0224. The molecule has 0 radical (unpaired) electrons. The monoisotopic (exact) mass is 543 g/mol. The Morgan fingerprint density at radius 2 is 2.16 bits per heavy atom. The van der Waals surface area contributed by atoms with E-state index in [9.17, 15) is 4.79 Å². The fourth-order valence-corrected chi connectivity index (χ4v) is 7.33. The standard InChI is InChI=1S/C25H31FN7O4P/c1-4-17-21(37-38-33-12-8-11-16(33)20(36-38)15-9-6-5-7-10-15)18(26)24(35-17)32-14-27-19-22(32)29-25(30-23(19)34)28-13-31(2)3/h5-7,9-10,13-14,16-18,20-21,24H,4,8,11-12H2,1-3H3,(H,29,30,34)/t16-,17+,18?,20+,21-,24+,38+/m0/s1. The van der Waals surface area contributed by atoms with Crippen LogP contribution in [0.5, 0.6) is 0 Å². The van der Waals surface area contributed by atoms with Gasteiger partial charge in [0, 0.05) is 26.7 Å². The van der Waals surface area contributed by atoms with Crippen molar-refractivity contribution in [2.24, 2.45) is 4.99 Å². The predicted octanol–water partition coefficient (Wildman–Crippen LogP) is 3.83. The average molecular weight is 544 g/mol. The molecule has 0 aliphatic carbocycles. The Hall–Kier alpha value is -2.76. The molecule has 5 heterocycles. The molecule has 3 fully saturated rings. The van der Waals surface area contributed by atoms with Crippen molar-refractivity contribution in [1.82, 2.24) is 29.1 Å². The van der Waals surface area contributed by atoms with Crippen LogP contribution >= 0.6 is 8.53 Å². The highest BCUT2D eigenvalue weighted by Crippen LogP contribution is 2.62. The molecule has 38 heavy (non-hydrogen) atoms. The van der Waals surface area contributed by atoms with Gasteiger partial charge >= 0.3 is 0 Å². The first-order valence-corrected chi connectivity index (χ1v) is 14.0. The van der Waals surface area contributed by atoms with Crippen molar-refractivity contribution >= 4 is 32.0 Å². The molecule has 0 bridgehead atoms. The van der Waals surface area contributed by atoms with E-state index in [1.165, 1.54) is 17.2 Å². The zero-order chi connectivity index (χ0) is 26.4. The molecule has 202 valence electrons. The summed E-state index contributed by atoms with van der Waals surface area (Å²) in [5.74, 6) is 0.0982. The summed E-state index contributed by atoms with van der Waals surface area (Å²) in [6.07, 6.45) is 1.53. The molecule has 1 aromatic carbocycles. The number of alkyl halides is 1. The number of ether oxygens (including phenoxy) is 1. The fraction of sp³-hybridized carbons (Fsp3) is 0.520. The number of hydrogen-bond donors (Lipinski definition) is 1. The normalized spacial score (nSPS) is 31.5. The third kappa shape index (κ3) is 4.54. The first kappa shape index (κ1) is 25.5. The molecular formula is C25H31FN7O4P. The van der Waals surface area contributed by atoms with Gasteiger partial charge in [0.05, 0.1) is 18.8 Å². The van der Waals surface area contributed by atoms with Crippen molar-refractivity contribution in [1.29, 1.82) is 0 Å². The van der Waals surface area contributed by atoms with Gasteiger partial charge in [0.25, 0.3) is 14.1 Å². The summed E-state index contributed by atoms with van der Waals surface area (Å²) in [7, 11) is 2.15. The van der Waals surface area contributed by atoms with Crippen LogP contribution in [0.2, 0.25) is 0 Å². The maximum absolute atomic E-state index is 16.1. The van der Waals surface area contributed by atoms with E-state index in [2.05, 4.69) is 36.7 Å². The first-order valence-electron chi connectivity index (χ1n) is 12.9. The van der Waals surface area contributed by atoms with Gasteiger partial charge in [0.1, 0.15) is 12.2 Å². The van der Waals surface area contributed by atoms with Crippen molar-refractivity contribution in [2.75, 3.05) is 20.6 Å². The summed E-state index contributed by atoms with van der Waals surface area (Å²) < 4.78 is 38.9. The number of aromatic nitrogens is 4. The third-order valence-corrected chi connectivity index (χ3v) is 8.89. The van der Waals surface area contributed by atoms with Gasteiger partial charge in [-0.2, -0.15) is 4.98 Å². The molecular weight excluding hydrogens is 512 g/mol. The molecule has 3 aromatic rings. The summed E-state index contributed by atoms with van der Waals surface area (Å²) in [6, 6.07) is 10.3. The van der Waals surface area contributed by atoms with Crippen molar-refractivity contribution in [3.8, 4) is 0 Å². The Bertz CT molecular complexity index is 1370. The topological polar surface area (TPSA) is 110 Å². The zero-order valence-corrected chi connectivity index (χ0v) is 22.4. The molecule has 1 N–H and O–H groups in total. The number of nitrogens with zero attached hydrogens (tertiary/aromatic N) is 6. The number of halogens is 1. The van der Waals surface area contributed by atoms with Crippen LogP contribution in [0.25, 0.3) is 11.2 Å². The van der Waals surface area contributed by atoms with Gasteiger partial charge in [-0.05, 0) is 24.8 Å². The van der Waals surface area contributed by atoms with Gasteiger partial charge in [-0.25, -0.2) is 19.0 Å². The van der Waals surface area contributed by atoms with E-state index in [-0.39, 0.29) is 29.3 Å². The molecule has 0 amide bonds. The second-order valence-corrected chi connectivity index (χ2v) is 11.4. The number of H-pyrrole nitrogens is 1. The lowest BCUT2D eigenvalue weighted by Gasteiger charge is -2.26. The molecule has 3 aliphatic heterocycles. The van der Waals surface area contributed by atoms with Crippen LogP contribution < -0.4 is 5.56 Å². The Morgan fingerprint density at radius 1 is 1.34 bits per heavy atom. The van der Waals surface area contributed by atoms with E-state index in [1.807, 2.05) is 25.1 Å². The molecule has 11 nitrogen and oxygen atoms in total. The van der Waals surface area contributed by atoms with Gasteiger partial charge in [0.2, 0.25) is 5.95 Å². The highest BCUT2D eigenvalue weighted by Gasteiger charge is 2.53. The number of aromatic amines is 1. The van der Waals surface area contributed by atoms with Crippen LogP contribution in [0.1, 0.15) is 44.1 Å². The number of hydrogen-bond acceptors (Lipinski definition) is 8. The number of nitrogens with one attached hydrogen (secondary N) is 1. The first-order chi connectivity index (χ1) is 18.4. The fourth-order valence-electron chi connectivity index (χ4n) is 5.34. The van der Waals surface area contributed by atoms with E-state index in [1.54, 1.807) is 19.0 Å². The summed E-state index contributed by atoms with van der Waals surface area (Å²) in [6.45, 7) is 2.80. The van der Waals surface area contributed by atoms with E-state index >= 15 is 4.39 Å². The molecule has 13 heteroatoms. The second kappa shape index (κ2) is 10.4. The van der Waals surface area contributed by atoms with Crippen LogP contribution in [0.3, 0.4) is 0 Å². The van der Waals surface area contributed by atoms with Crippen LogP contribution in [-0.4, -0.2) is 80.5 Å². The minimum absolute atomic E-state index is 0.0936. The highest BCUT2D eigenvalue weighted by molar-refractivity contribution is 7.45. The van der Waals surface area contributed by atoms with Crippen LogP contribution in [0.15, 0.2) is 46.4 Å². The largest absolute Gasteiger partial charge is 0.369 e. The minimum atomic E-state index is -1.52. The summed E-state index contributed by atoms with van der Waals surface area (Å²) in [4.78, 5) is 29.7. The summed E-state index contributed by atoms with van der Waals surface area (Å²) >= 11 is 0. The van der Waals surface area contributed by atoms with Crippen LogP contribution in [-0.2, 0) is 13.8 Å². The smallest absolute Gasteiger partial charge is 0.280 e. The van der Waals surface area contributed by atoms with Crippen LogP contribution in [0.4, 0.5) is 10.3 Å². The lowest BCUT2D eigenvalue weighted by atomic mass is 10.0. The van der Waals surface area contributed by atoms with Gasteiger partial charge in [-0.15, -0.1) is 0 Å². The molecule has 7 atom stereocenters. The second-order valence-electron chi connectivity index (χ2n) is 9.96. The van der Waals surface area contributed by atoms with E-state index in [0.717, 1.165) is 24.9 Å². The summed E-state index contributed by atoms with van der Waals surface area (Å²) in [5, 5.41) is 0. The highest BCUT2D eigenvalue weighted by atomic mass is 31.2. The summed E-state index contributed by atoms with van der Waals surface area (Å²) in [5.41, 5.74) is 0.949. The molecule has 3 aliphatic rings. The Morgan fingerprint density at radius 3 is 2.92 bits per heavy atom. The van der Waals surface area contributed by atoms with E-state index in [0.29, 0.717) is 6.42 Å². The maximum Gasteiger partial charge on any atom is 0.280 e. The molecule has 1 unspecified atom stereocenters. The minimum Gasteiger partial charge on any atom is -0.369 e. The SMILES string of the molecule is CC[C@H]1O[C@@H](n2cnc3c(=O)[nH]c(N=CN(C)C)nc32)C(F)[C@H]1O[P@@]1O[C@H](c2ccccc2)[C@@H]2CCCN21. The number of fused-ring (bicyclic) bond motifs is 2. The van der Waals surface area contributed by atoms with Crippen molar-refractivity contribution < 1.29 is 18.2 Å². The average Bonchev–Trinajstić information content (AvgIpc) is 3.68. The predicted molar refractivity (Wildman–Crippen MR) is 141 cm³/mol. The Balaban J connectivity index is 1.26. The number of imidazole rings is 1. The quantitative estimate of drug-likeness (QED) is 0.272. The number of rotatable bonds is 7. The maximum atomic E-state index is 16.1.